The molecular weight excluding hydrogens is 211 g/mol. The number of aliphatic carboxylic acids is 1. The Morgan fingerprint density at radius 3 is 2.88 bits per heavy atom. The Balaban J connectivity index is 2.43. The van der Waals surface area contributed by atoms with Crippen LogP contribution in [0.5, 0.6) is 0 Å². The summed E-state index contributed by atoms with van der Waals surface area (Å²) in [5.41, 5.74) is 1.29. The van der Waals surface area contributed by atoms with Crippen LogP contribution < -0.4 is 0 Å². The topological polar surface area (TPSA) is 50.4 Å². The van der Waals surface area contributed by atoms with E-state index in [0.29, 0.717) is 16.9 Å². The maximum absolute atomic E-state index is 13.2. The minimum Gasteiger partial charge on any atom is -0.479 e. The zero-order chi connectivity index (χ0) is 11.7. The van der Waals surface area contributed by atoms with Gasteiger partial charge in [0.1, 0.15) is 11.3 Å². The normalized spacial score (nSPS) is 12.9. The van der Waals surface area contributed by atoms with Crippen LogP contribution in [0.3, 0.4) is 0 Å². The van der Waals surface area contributed by atoms with Gasteiger partial charge in [-0.1, -0.05) is 18.2 Å². The minimum atomic E-state index is -1.89. The Labute approximate surface area is 91.5 Å². The molecule has 0 aliphatic carbocycles. The van der Waals surface area contributed by atoms with Crippen molar-refractivity contribution in [3.63, 3.8) is 0 Å². The number of carboxylic acids is 1. The zero-order valence-corrected chi connectivity index (χ0v) is 8.74. The lowest BCUT2D eigenvalue weighted by atomic mass is 10.1. The van der Waals surface area contributed by atoms with Gasteiger partial charge in [0, 0.05) is 17.4 Å². The average molecular weight is 222 g/mol. The Morgan fingerprint density at radius 2 is 2.19 bits per heavy atom. The van der Waals surface area contributed by atoms with Crippen LogP contribution >= 0.6 is 0 Å². The number of aryl methyl sites for hydroxylation is 1. The third-order valence-corrected chi connectivity index (χ3v) is 2.55. The van der Waals surface area contributed by atoms with E-state index in [4.69, 9.17) is 9.52 Å². The van der Waals surface area contributed by atoms with Gasteiger partial charge < -0.3 is 9.52 Å². The number of benzene rings is 1. The first kappa shape index (κ1) is 10.7. The molecular formula is C12H11FO3. The van der Waals surface area contributed by atoms with E-state index in [-0.39, 0.29) is 6.42 Å². The van der Waals surface area contributed by atoms with Gasteiger partial charge in [-0.25, -0.2) is 9.18 Å². The molecule has 0 aliphatic heterocycles. The van der Waals surface area contributed by atoms with Crippen molar-refractivity contribution in [2.75, 3.05) is 0 Å². The van der Waals surface area contributed by atoms with Crippen molar-refractivity contribution in [3.05, 3.63) is 35.6 Å². The zero-order valence-electron chi connectivity index (χ0n) is 8.74. The van der Waals surface area contributed by atoms with Crippen molar-refractivity contribution in [1.29, 1.82) is 0 Å². The van der Waals surface area contributed by atoms with E-state index in [0.717, 1.165) is 5.39 Å². The highest BCUT2D eigenvalue weighted by molar-refractivity contribution is 5.83. The van der Waals surface area contributed by atoms with Gasteiger partial charge in [0.05, 0.1) is 0 Å². The van der Waals surface area contributed by atoms with E-state index in [9.17, 15) is 9.18 Å². The molecule has 1 unspecified atom stereocenters. The lowest BCUT2D eigenvalue weighted by molar-refractivity contribution is -0.142. The standard InChI is InChI=1S/C12H11FO3/c1-7-9(6-10(13)12(14)15)8-4-2-3-5-11(8)16-7/h2-5,10H,6H2,1H3,(H,14,15). The first-order chi connectivity index (χ1) is 7.59. The van der Waals surface area contributed by atoms with Gasteiger partial charge in [0.2, 0.25) is 6.17 Å². The van der Waals surface area contributed by atoms with Crippen LogP contribution in [0.4, 0.5) is 4.39 Å². The smallest absolute Gasteiger partial charge is 0.338 e. The Hall–Kier alpha value is -1.84. The molecule has 0 saturated heterocycles. The third kappa shape index (κ3) is 1.78. The van der Waals surface area contributed by atoms with Crippen molar-refractivity contribution in [3.8, 4) is 0 Å². The quantitative estimate of drug-likeness (QED) is 0.868. The summed E-state index contributed by atoms with van der Waals surface area (Å²) in [7, 11) is 0. The van der Waals surface area contributed by atoms with Crippen LogP contribution in [0, 0.1) is 6.92 Å². The molecule has 0 amide bonds. The van der Waals surface area contributed by atoms with Crippen molar-refractivity contribution in [1.82, 2.24) is 0 Å². The fourth-order valence-electron chi connectivity index (χ4n) is 1.74. The molecule has 2 aromatic rings. The van der Waals surface area contributed by atoms with Crippen molar-refractivity contribution in [2.45, 2.75) is 19.5 Å². The Morgan fingerprint density at radius 1 is 1.50 bits per heavy atom. The lowest BCUT2D eigenvalue weighted by Crippen LogP contribution is -2.17. The summed E-state index contributed by atoms with van der Waals surface area (Å²) >= 11 is 0. The highest BCUT2D eigenvalue weighted by Crippen LogP contribution is 2.26. The molecule has 1 heterocycles. The highest BCUT2D eigenvalue weighted by Gasteiger charge is 2.20. The molecule has 0 saturated carbocycles. The number of carbonyl (C=O) groups is 1. The number of hydrogen-bond acceptors (Lipinski definition) is 2. The van der Waals surface area contributed by atoms with E-state index in [1.54, 1.807) is 19.1 Å². The van der Waals surface area contributed by atoms with Gasteiger partial charge in [-0.15, -0.1) is 0 Å². The molecule has 1 N–H and O–H groups in total. The van der Waals surface area contributed by atoms with E-state index in [1.807, 2.05) is 12.1 Å². The summed E-state index contributed by atoms with van der Waals surface area (Å²) in [6, 6.07) is 7.21. The number of fused-ring (bicyclic) bond motifs is 1. The molecule has 0 bridgehead atoms. The molecule has 0 spiro atoms. The predicted octanol–water partition coefficient (Wildman–Crippen LogP) is 2.71. The molecule has 4 heteroatoms. The van der Waals surface area contributed by atoms with Crippen LogP contribution in [-0.2, 0) is 11.2 Å². The molecule has 16 heavy (non-hydrogen) atoms. The maximum atomic E-state index is 13.2. The van der Waals surface area contributed by atoms with Gasteiger partial charge >= 0.3 is 5.97 Å². The molecule has 2 rings (SSSR count). The Kier molecular flexibility index (Phi) is 2.64. The second-order valence-corrected chi connectivity index (χ2v) is 3.64. The maximum Gasteiger partial charge on any atom is 0.338 e. The second-order valence-electron chi connectivity index (χ2n) is 3.64. The fourth-order valence-corrected chi connectivity index (χ4v) is 1.74. The Bertz CT molecular complexity index is 530. The molecule has 3 nitrogen and oxygen atoms in total. The summed E-state index contributed by atoms with van der Waals surface area (Å²) in [5, 5.41) is 9.32. The number of para-hydroxylation sites is 1. The van der Waals surface area contributed by atoms with Crippen molar-refractivity contribution < 1.29 is 18.7 Å². The summed E-state index contributed by atoms with van der Waals surface area (Å²) in [6.07, 6.45) is -2.04. The van der Waals surface area contributed by atoms with Gasteiger partial charge in [0.25, 0.3) is 0 Å². The van der Waals surface area contributed by atoms with Gasteiger partial charge in [-0.2, -0.15) is 0 Å². The average Bonchev–Trinajstić information content (AvgIpc) is 2.55. The summed E-state index contributed by atoms with van der Waals surface area (Å²) in [4.78, 5) is 10.5. The molecule has 1 aromatic heterocycles. The minimum absolute atomic E-state index is 0.155. The number of rotatable bonds is 3. The SMILES string of the molecule is Cc1oc2ccccc2c1CC(F)C(=O)O. The molecule has 84 valence electrons. The largest absolute Gasteiger partial charge is 0.479 e. The van der Waals surface area contributed by atoms with Crippen LogP contribution in [0.25, 0.3) is 11.0 Å². The van der Waals surface area contributed by atoms with Crippen molar-refractivity contribution in [2.24, 2.45) is 0 Å². The number of hydrogen-bond donors (Lipinski definition) is 1. The van der Waals surface area contributed by atoms with Crippen LogP contribution in [0.15, 0.2) is 28.7 Å². The first-order valence-corrected chi connectivity index (χ1v) is 4.93. The number of halogens is 1. The molecule has 0 fully saturated rings. The van der Waals surface area contributed by atoms with Gasteiger partial charge in [0.15, 0.2) is 0 Å². The predicted molar refractivity (Wildman–Crippen MR) is 57.2 cm³/mol. The summed E-state index contributed by atoms with van der Waals surface area (Å²) in [5.74, 6) is -0.866. The monoisotopic (exact) mass is 222 g/mol. The number of carboxylic acid groups (broad SMARTS) is 1. The summed E-state index contributed by atoms with van der Waals surface area (Å²) < 4.78 is 18.6. The van der Waals surface area contributed by atoms with Crippen LogP contribution in [0.2, 0.25) is 0 Å². The van der Waals surface area contributed by atoms with E-state index in [1.165, 1.54) is 0 Å². The summed E-state index contributed by atoms with van der Waals surface area (Å²) in [6.45, 7) is 1.71. The molecule has 0 radical (unpaired) electrons. The lowest BCUT2D eigenvalue weighted by Gasteiger charge is -2.01. The van der Waals surface area contributed by atoms with E-state index < -0.39 is 12.1 Å². The highest BCUT2D eigenvalue weighted by atomic mass is 19.1. The number of alkyl halides is 1. The van der Waals surface area contributed by atoms with Crippen LogP contribution in [-0.4, -0.2) is 17.2 Å². The first-order valence-electron chi connectivity index (χ1n) is 4.93. The molecule has 1 aromatic carbocycles. The molecule has 0 aliphatic rings. The van der Waals surface area contributed by atoms with Crippen molar-refractivity contribution >= 4 is 16.9 Å². The van der Waals surface area contributed by atoms with E-state index in [2.05, 4.69) is 0 Å². The van der Waals surface area contributed by atoms with Gasteiger partial charge in [-0.05, 0) is 13.0 Å². The van der Waals surface area contributed by atoms with Gasteiger partial charge in [-0.3, -0.25) is 0 Å². The third-order valence-electron chi connectivity index (χ3n) is 2.55. The molecule has 1 atom stereocenters. The van der Waals surface area contributed by atoms with E-state index >= 15 is 0 Å². The number of furan rings is 1. The fraction of sp³-hybridized carbons (Fsp3) is 0.250. The van der Waals surface area contributed by atoms with Crippen LogP contribution in [0.1, 0.15) is 11.3 Å². The second kappa shape index (κ2) is 3.96.